The molecule has 0 bridgehead atoms. The zero-order valence-corrected chi connectivity index (χ0v) is 11.5. The van der Waals surface area contributed by atoms with Crippen LogP contribution in [-0.4, -0.2) is 22.1 Å². The monoisotopic (exact) mass is 237 g/mol. The van der Waals surface area contributed by atoms with Gasteiger partial charge in [0.25, 0.3) is 0 Å². The second kappa shape index (κ2) is 5.96. The van der Waals surface area contributed by atoms with Gasteiger partial charge >= 0.3 is 6.01 Å². The Morgan fingerprint density at radius 3 is 2.59 bits per heavy atom. The maximum atomic E-state index is 5.62. The van der Waals surface area contributed by atoms with Crippen LogP contribution in [0.5, 0.6) is 6.01 Å². The average Bonchev–Trinajstić information content (AvgIpc) is 2.19. The van der Waals surface area contributed by atoms with Crippen molar-refractivity contribution in [2.24, 2.45) is 0 Å². The summed E-state index contributed by atoms with van der Waals surface area (Å²) in [7, 11) is 0. The second-order valence-electron chi connectivity index (χ2n) is 5.15. The predicted molar refractivity (Wildman–Crippen MR) is 69.1 cm³/mol. The Bertz CT molecular complexity index is 358. The molecule has 1 rings (SSSR count). The van der Waals surface area contributed by atoms with E-state index >= 15 is 0 Å². The summed E-state index contributed by atoms with van der Waals surface area (Å²) < 4.78 is 5.62. The zero-order valence-electron chi connectivity index (χ0n) is 11.5. The molecule has 0 atom stereocenters. The first-order valence-electron chi connectivity index (χ1n) is 6.14. The Morgan fingerprint density at radius 1 is 1.35 bits per heavy atom. The topological polar surface area (TPSA) is 47.0 Å². The molecule has 1 aromatic heterocycles. The third kappa shape index (κ3) is 5.13. The first-order valence-corrected chi connectivity index (χ1v) is 6.14. The van der Waals surface area contributed by atoms with Gasteiger partial charge in [-0.3, -0.25) is 0 Å². The first-order chi connectivity index (χ1) is 7.92. The lowest BCUT2D eigenvalue weighted by Gasteiger charge is -2.19. The third-order valence-corrected chi connectivity index (χ3v) is 2.20. The molecule has 0 fully saturated rings. The average molecular weight is 237 g/mol. The van der Waals surface area contributed by atoms with Gasteiger partial charge in [-0.25, -0.2) is 9.97 Å². The molecule has 0 amide bonds. The second-order valence-corrected chi connectivity index (χ2v) is 5.15. The number of rotatable bonds is 5. The number of hydrogen-bond donors (Lipinski definition) is 1. The smallest absolute Gasteiger partial charge is 0.317 e. The molecule has 0 unspecified atom stereocenters. The Hall–Kier alpha value is -1.16. The fourth-order valence-electron chi connectivity index (χ4n) is 1.37. The van der Waals surface area contributed by atoms with E-state index in [1.165, 1.54) is 0 Å². The number of nitrogens with one attached hydrogen (secondary N) is 1. The van der Waals surface area contributed by atoms with E-state index in [9.17, 15) is 0 Å². The summed E-state index contributed by atoms with van der Waals surface area (Å²) in [4.78, 5) is 8.59. The molecule has 1 heterocycles. The molecule has 0 aliphatic carbocycles. The lowest BCUT2D eigenvalue weighted by molar-refractivity contribution is 0.116. The van der Waals surface area contributed by atoms with E-state index in [0.717, 1.165) is 30.8 Å². The Kier molecular flexibility index (Phi) is 4.87. The van der Waals surface area contributed by atoms with E-state index in [-0.39, 0.29) is 5.60 Å². The highest BCUT2D eigenvalue weighted by Crippen LogP contribution is 2.14. The van der Waals surface area contributed by atoms with Crippen molar-refractivity contribution in [1.29, 1.82) is 0 Å². The van der Waals surface area contributed by atoms with Gasteiger partial charge in [-0.2, -0.15) is 0 Å². The molecule has 1 N–H and O–H groups in total. The molecule has 0 aliphatic heterocycles. The molecule has 96 valence electrons. The Morgan fingerprint density at radius 2 is 2.06 bits per heavy atom. The van der Waals surface area contributed by atoms with Crippen molar-refractivity contribution in [1.82, 2.24) is 15.3 Å². The summed E-state index contributed by atoms with van der Waals surface area (Å²) in [6, 6.07) is 0.453. The molecular formula is C13H23N3O. The zero-order chi connectivity index (χ0) is 12.9. The quantitative estimate of drug-likeness (QED) is 0.799. The van der Waals surface area contributed by atoms with Crippen LogP contribution in [0.2, 0.25) is 0 Å². The largest absolute Gasteiger partial charge is 0.458 e. The molecule has 4 nitrogen and oxygen atoms in total. The highest BCUT2D eigenvalue weighted by Gasteiger charge is 2.14. The van der Waals surface area contributed by atoms with Crippen LogP contribution in [0.4, 0.5) is 0 Å². The highest BCUT2D eigenvalue weighted by atomic mass is 16.5. The number of aryl methyl sites for hydroxylation is 1. The van der Waals surface area contributed by atoms with Crippen molar-refractivity contribution in [3.05, 3.63) is 17.5 Å². The van der Waals surface area contributed by atoms with Crippen molar-refractivity contribution in [2.75, 3.05) is 6.54 Å². The fraction of sp³-hybridized carbons (Fsp3) is 0.692. The minimum absolute atomic E-state index is 0.256. The van der Waals surface area contributed by atoms with Crippen molar-refractivity contribution in [2.45, 2.75) is 53.2 Å². The van der Waals surface area contributed by atoms with Crippen LogP contribution >= 0.6 is 0 Å². The fourth-order valence-corrected chi connectivity index (χ4v) is 1.37. The van der Waals surface area contributed by atoms with Gasteiger partial charge in [0.1, 0.15) is 5.60 Å². The van der Waals surface area contributed by atoms with Gasteiger partial charge < -0.3 is 10.1 Å². The van der Waals surface area contributed by atoms with E-state index in [0.29, 0.717) is 6.01 Å². The van der Waals surface area contributed by atoms with E-state index in [2.05, 4.69) is 22.2 Å². The molecule has 0 radical (unpaired) electrons. The van der Waals surface area contributed by atoms with Crippen molar-refractivity contribution in [3.63, 3.8) is 0 Å². The van der Waals surface area contributed by atoms with Crippen molar-refractivity contribution in [3.8, 4) is 6.01 Å². The maximum absolute atomic E-state index is 5.62. The van der Waals surface area contributed by atoms with Gasteiger partial charge in [0.2, 0.25) is 0 Å². The SMILES string of the molecule is CCCNCc1cnc(OC(C)(C)C)nc1C. The molecule has 1 aromatic rings. The maximum Gasteiger partial charge on any atom is 0.317 e. The van der Waals surface area contributed by atoms with E-state index in [1.54, 1.807) is 0 Å². The van der Waals surface area contributed by atoms with Crippen LogP contribution in [0.25, 0.3) is 0 Å². The van der Waals surface area contributed by atoms with Crippen LogP contribution in [0.3, 0.4) is 0 Å². The van der Waals surface area contributed by atoms with Gasteiger partial charge in [0.15, 0.2) is 0 Å². The number of nitrogens with zero attached hydrogens (tertiary/aromatic N) is 2. The molecule has 17 heavy (non-hydrogen) atoms. The van der Waals surface area contributed by atoms with Gasteiger partial charge in [-0.1, -0.05) is 6.92 Å². The normalized spacial score (nSPS) is 11.6. The van der Waals surface area contributed by atoms with E-state index in [4.69, 9.17) is 4.74 Å². The standard InChI is InChI=1S/C13H23N3O/c1-6-7-14-8-11-9-15-12(16-10(11)2)17-13(3,4)5/h9,14H,6-8H2,1-5H3. The molecular weight excluding hydrogens is 214 g/mol. The molecule has 0 aliphatic rings. The molecule has 0 spiro atoms. The van der Waals surface area contributed by atoms with Crippen molar-refractivity contribution >= 4 is 0 Å². The van der Waals surface area contributed by atoms with Crippen molar-refractivity contribution < 1.29 is 4.74 Å². The van der Waals surface area contributed by atoms with E-state index < -0.39 is 0 Å². The van der Waals surface area contributed by atoms with Gasteiger partial charge in [0.05, 0.1) is 0 Å². The lowest BCUT2D eigenvalue weighted by atomic mass is 10.2. The summed E-state index contributed by atoms with van der Waals surface area (Å²) >= 11 is 0. The molecule has 0 aromatic carbocycles. The number of aromatic nitrogens is 2. The first kappa shape index (κ1) is 13.9. The minimum Gasteiger partial charge on any atom is -0.458 e. The minimum atomic E-state index is -0.256. The third-order valence-electron chi connectivity index (χ3n) is 2.20. The lowest BCUT2D eigenvalue weighted by Crippen LogP contribution is -2.24. The molecule has 0 saturated carbocycles. The van der Waals surface area contributed by atoms with Crippen LogP contribution < -0.4 is 10.1 Å². The van der Waals surface area contributed by atoms with E-state index in [1.807, 2.05) is 33.9 Å². The Labute approximate surface area is 104 Å². The van der Waals surface area contributed by atoms with Crippen LogP contribution in [0.15, 0.2) is 6.20 Å². The summed E-state index contributed by atoms with van der Waals surface area (Å²) in [5.41, 5.74) is 1.84. The van der Waals surface area contributed by atoms with Crippen LogP contribution in [0.1, 0.15) is 45.4 Å². The van der Waals surface area contributed by atoms with Gasteiger partial charge in [-0.15, -0.1) is 0 Å². The van der Waals surface area contributed by atoms with Gasteiger partial charge in [-0.05, 0) is 40.7 Å². The molecule has 4 heteroatoms. The summed E-state index contributed by atoms with van der Waals surface area (Å²) in [6.07, 6.45) is 2.97. The number of ether oxygens (including phenoxy) is 1. The summed E-state index contributed by atoms with van der Waals surface area (Å²) in [5, 5.41) is 3.34. The summed E-state index contributed by atoms with van der Waals surface area (Å²) in [5.74, 6) is 0. The highest BCUT2D eigenvalue weighted by molar-refractivity contribution is 5.17. The van der Waals surface area contributed by atoms with Crippen LogP contribution in [-0.2, 0) is 6.54 Å². The molecule has 0 saturated heterocycles. The number of hydrogen-bond acceptors (Lipinski definition) is 4. The Balaban J connectivity index is 2.66. The predicted octanol–water partition coefficient (Wildman–Crippen LogP) is 2.46. The van der Waals surface area contributed by atoms with Crippen LogP contribution in [0, 0.1) is 6.92 Å². The summed E-state index contributed by atoms with van der Waals surface area (Å²) in [6.45, 7) is 11.9. The van der Waals surface area contributed by atoms with Gasteiger partial charge in [0, 0.05) is 24.0 Å².